The molecule has 0 aromatic rings. The molecule has 1 atom stereocenters. The SMILES string of the molecule is CC1(C)C2=C(CCC=O)CCC1C2. The van der Waals surface area contributed by atoms with E-state index in [2.05, 4.69) is 13.8 Å². The number of allylic oxidation sites excluding steroid dienone is 2. The van der Waals surface area contributed by atoms with Crippen LogP contribution in [0.5, 0.6) is 0 Å². The molecule has 3 aliphatic carbocycles. The fourth-order valence-corrected chi connectivity index (χ4v) is 2.95. The second-order valence-corrected chi connectivity index (χ2v) is 4.95. The van der Waals surface area contributed by atoms with Gasteiger partial charge in [0, 0.05) is 6.42 Å². The van der Waals surface area contributed by atoms with Crippen LogP contribution in [0.4, 0.5) is 0 Å². The molecule has 72 valence electrons. The van der Waals surface area contributed by atoms with Gasteiger partial charge in [0.05, 0.1) is 0 Å². The number of fused-ring (bicyclic) bond motifs is 2. The number of rotatable bonds is 3. The van der Waals surface area contributed by atoms with Crippen molar-refractivity contribution in [3.05, 3.63) is 11.1 Å². The lowest BCUT2D eigenvalue weighted by atomic mass is 9.52. The van der Waals surface area contributed by atoms with E-state index in [-0.39, 0.29) is 0 Å². The van der Waals surface area contributed by atoms with Gasteiger partial charge >= 0.3 is 0 Å². The number of hydrogen-bond donors (Lipinski definition) is 0. The highest BCUT2D eigenvalue weighted by Crippen LogP contribution is 2.58. The maximum Gasteiger partial charge on any atom is 0.120 e. The monoisotopic (exact) mass is 178 g/mol. The van der Waals surface area contributed by atoms with E-state index in [0.717, 1.165) is 25.0 Å². The van der Waals surface area contributed by atoms with E-state index in [9.17, 15) is 4.79 Å². The zero-order valence-corrected chi connectivity index (χ0v) is 8.60. The first-order valence-corrected chi connectivity index (χ1v) is 5.31. The first-order valence-electron chi connectivity index (χ1n) is 5.31. The molecule has 1 unspecified atom stereocenters. The number of carbonyl (C=O) groups excluding carboxylic acids is 1. The van der Waals surface area contributed by atoms with Crippen LogP contribution in [0.15, 0.2) is 11.1 Å². The molecule has 2 bridgehead atoms. The lowest BCUT2D eigenvalue weighted by Crippen LogP contribution is -2.41. The Kier molecular flexibility index (Phi) is 2.05. The van der Waals surface area contributed by atoms with Crippen molar-refractivity contribution in [3.63, 3.8) is 0 Å². The number of hydrogen-bond acceptors (Lipinski definition) is 1. The van der Waals surface area contributed by atoms with Crippen molar-refractivity contribution in [2.75, 3.05) is 0 Å². The smallest absolute Gasteiger partial charge is 0.120 e. The van der Waals surface area contributed by atoms with Gasteiger partial charge in [-0.05, 0) is 37.0 Å². The van der Waals surface area contributed by atoms with Crippen LogP contribution in [0.1, 0.15) is 46.0 Å². The molecule has 0 amide bonds. The molecule has 0 aromatic heterocycles. The van der Waals surface area contributed by atoms with Crippen molar-refractivity contribution in [3.8, 4) is 0 Å². The van der Waals surface area contributed by atoms with Crippen molar-refractivity contribution in [1.82, 2.24) is 0 Å². The van der Waals surface area contributed by atoms with Gasteiger partial charge in [-0.25, -0.2) is 0 Å². The Bertz CT molecular complexity index is 260. The standard InChI is InChI=1S/C12H18O/c1-12(2)10-6-5-9(4-3-7-13)11(12)8-10/h7,10H,3-6,8H2,1-2H3. The second-order valence-electron chi connectivity index (χ2n) is 4.95. The summed E-state index contributed by atoms with van der Waals surface area (Å²) in [5.41, 5.74) is 3.74. The molecular weight excluding hydrogens is 160 g/mol. The summed E-state index contributed by atoms with van der Waals surface area (Å²) in [5.74, 6) is 0.933. The summed E-state index contributed by atoms with van der Waals surface area (Å²) in [4.78, 5) is 10.3. The Hall–Kier alpha value is -0.590. The minimum atomic E-state index is 0.469. The average Bonchev–Trinajstić information content (AvgIpc) is 2.14. The first-order chi connectivity index (χ1) is 6.16. The zero-order chi connectivity index (χ0) is 9.47. The van der Waals surface area contributed by atoms with Crippen LogP contribution in [-0.4, -0.2) is 6.29 Å². The molecule has 0 heterocycles. The highest BCUT2D eigenvalue weighted by molar-refractivity contribution is 5.50. The molecule has 0 N–H and O–H groups in total. The van der Waals surface area contributed by atoms with Gasteiger partial charge < -0.3 is 4.79 Å². The Balaban J connectivity index is 2.13. The van der Waals surface area contributed by atoms with E-state index >= 15 is 0 Å². The van der Waals surface area contributed by atoms with E-state index in [4.69, 9.17) is 0 Å². The third kappa shape index (κ3) is 1.25. The lowest BCUT2D eigenvalue weighted by molar-refractivity contribution is -0.107. The molecule has 13 heavy (non-hydrogen) atoms. The molecule has 1 fully saturated rings. The third-order valence-electron chi connectivity index (χ3n) is 4.03. The molecule has 1 saturated carbocycles. The van der Waals surface area contributed by atoms with E-state index < -0.39 is 0 Å². The van der Waals surface area contributed by atoms with Crippen LogP contribution in [0, 0.1) is 11.3 Å². The van der Waals surface area contributed by atoms with Gasteiger partial charge in [0.25, 0.3) is 0 Å². The number of carbonyl (C=O) groups is 1. The highest BCUT2D eigenvalue weighted by atomic mass is 16.1. The quantitative estimate of drug-likeness (QED) is 0.479. The van der Waals surface area contributed by atoms with Crippen LogP contribution in [0.2, 0.25) is 0 Å². The van der Waals surface area contributed by atoms with E-state index in [0.29, 0.717) is 5.41 Å². The maximum atomic E-state index is 10.3. The molecule has 0 radical (unpaired) electrons. The van der Waals surface area contributed by atoms with Gasteiger partial charge in [-0.1, -0.05) is 25.0 Å². The summed E-state index contributed by atoms with van der Waals surface area (Å²) in [7, 11) is 0. The Labute approximate surface area is 80.2 Å². The predicted molar refractivity (Wildman–Crippen MR) is 53.4 cm³/mol. The molecular formula is C12H18O. The minimum absolute atomic E-state index is 0.469. The molecule has 0 aliphatic heterocycles. The molecule has 3 aliphatic rings. The predicted octanol–water partition coefficient (Wildman–Crippen LogP) is 3.10. The van der Waals surface area contributed by atoms with E-state index in [1.165, 1.54) is 19.3 Å². The van der Waals surface area contributed by atoms with Crippen molar-refractivity contribution < 1.29 is 4.79 Å². The van der Waals surface area contributed by atoms with Crippen LogP contribution < -0.4 is 0 Å². The summed E-state index contributed by atoms with van der Waals surface area (Å²) in [6, 6.07) is 0. The van der Waals surface area contributed by atoms with Crippen LogP contribution in [0.25, 0.3) is 0 Å². The Morgan fingerprint density at radius 2 is 2.31 bits per heavy atom. The fraction of sp³-hybridized carbons (Fsp3) is 0.750. The van der Waals surface area contributed by atoms with Gasteiger partial charge in [-0.15, -0.1) is 0 Å². The van der Waals surface area contributed by atoms with Crippen molar-refractivity contribution in [2.24, 2.45) is 11.3 Å². The summed E-state index contributed by atoms with van der Waals surface area (Å²) < 4.78 is 0. The lowest BCUT2D eigenvalue weighted by Gasteiger charge is -2.53. The van der Waals surface area contributed by atoms with Crippen molar-refractivity contribution >= 4 is 6.29 Å². The summed E-state index contributed by atoms with van der Waals surface area (Å²) in [6.07, 6.45) is 6.73. The highest BCUT2D eigenvalue weighted by Gasteiger charge is 2.46. The van der Waals surface area contributed by atoms with E-state index in [1.807, 2.05) is 0 Å². The van der Waals surface area contributed by atoms with Crippen molar-refractivity contribution in [2.45, 2.75) is 46.0 Å². The molecule has 0 spiro atoms. The molecule has 0 saturated heterocycles. The van der Waals surface area contributed by atoms with Crippen LogP contribution in [0.3, 0.4) is 0 Å². The first kappa shape index (κ1) is 8.98. The normalized spacial score (nSPS) is 29.8. The van der Waals surface area contributed by atoms with Gasteiger partial charge in [-0.3, -0.25) is 0 Å². The van der Waals surface area contributed by atoms with E-state index in [1.54, 1.807) is 11.1 Å². The van der Waals surface area contributed by atoms with Crippen LogP contribution in [-0.2, 0) is 4.79 Å². The molecule has 1 nitrogen and oxygen atoms in total. The fourth-order valence-electron chi connectivity index (χ4n) is 2.95. The van der Waals surface area contributed by atoms with Crippen LogP contribution >= 0.6 is 0 Å². The molecule has 1 heteroatoms. The molecule has 0 aromatic carbocycles. The minimum Gasteiger partial charge on any atom is -0.303 e. The van der Waals surface area contributed by atoms with Gasteiger partial charge in [-0.2, -0.15) is 0 Å². The van der Waals surface area contributed by atoms with Gasteiger partial charge in [0.2, 0.25) is 0 Å². The third-order valence-corrected chi connectivity index (χ3v) is 4.03. The number of aldehydes is 1. The van der Waals surface area contributed by atoms with Crippen molar-refractivity contribution in [1.29, 1.82) is 0 Å². The summed E-state index contributed by atoms with van der Waals surface area (Å²) in [5, 5.41) is 0. The van der Waals surface area contributed by atoms with Gasteiger partial charge in [0.15, 0.2) is 0 Å². The largest absolute Gasteiger partial charge is 0.303 e. The van der Waals surface area contributed by atoms with Gasteiger partial charge in [0.1, 0.15) is 6.29 Å². The summed E-state index contributed by atoms with van der Waals surface area (Å²) >= 11 is 0. The second kappa shape index (κ2) is 2.97. The summed E-state index contributed by atoms with van der Waals surface area (Å²) in [6.45, 7) is 4.72. The average molecular weight is 178 g/mol. The maximum absolute atomic E-state index is 10.3. The topological polar surface area (TPSA) is 17.1 Å². The zero-order valence-electron chi connectivity index (χ0n) is 8.60. The Morgan fingerprint density at radius 1 is 1.54 bits per heavy atom. The molecule has 3 rings (SSSR count). The Morgan fingerprint density at radius 3 is 2.85 bits per heavy atom.